The molecule has 0 radical (unpaired) electrons. The maximum atomic E-state index is 5.98. The first-order chi connectivity index (χ1) is 8.25. The zero-order chi connectivity index (χ0) is 11.9. The number of nitrogens with two attached hydrogens (primary N) is 1. The monoisotopic (exact) mass is 231 g/mol. The van der Waals surface area contributed by atoms with E-state index in [0.717, 1.165) is 30.0 Å². The molecule has 3 rings (SSSR count). The number of hydrogen-bond donors (Lipinski definition) is 1. The lowest BCUT2D eigenvalue weighted by molar-refractivity contribution is 0.414. The highest BCUT2D eigenvalue weighted by atomic mass is 15.4. The summed E-state index contributed by atoms with van der Waals surface area (Å²) in [5, 5.41) is 13.0. The minimum absolute atomic E-state index is 0.0137. The Labute approximate surface area is 100 Å². The molecule has 0 atom stereocenters. The molecule has 0 saturated heterocycles. The van der Waals surface area contributed by atoms with Gasteiger partial charge in [-0.05, 0) is 31.9 Å². The minimum Gasteiger partial charge on any atom is -0.329 e. The van der Waals surface area contributed by atoms with Gasteiger partial charge in [0.05, 0.1) is 5.69 Å². The van der Waals surface area contributed by atoms with Crippen molar-refractivity contribution in [1.82, 2.24) is 19.8 Å². The molecular weight excluding hydrogens is 214 g/mol. The summed E-state index contributed by atoms with van der Waals surface area (Å²) < 4.78 is 1.87. The largest absolute Gasteiger partial charge is 0.329 e. The Balaban J connectivity index is 2.19. The average molecular weight is 231 g/mol. The molecule has 2 heterocycles. The molecule has 0 unspecified atom stereocenters. The summed E-state index contributed by atoms with van der Waals surface area (Å²) in [7, 11) is 0. The van der Waals surface area contributed by atoms with E-state index < -0.39 is 0 Å². The van der Waals surface area contributed by atoms with Gasteiger partial charge >= 0.3 is 0 Å². The maximum Gasteiger partial charge on any atom is 0.177 e. The van der Waals surface area contributed by atoms with E-state index in [2.05, 4.69) is 15.3 Å². The van der Waals surface area contributed by atoms with Crippen LogP contribution in [-0.4, -0.2) is 26.4 Å². The van der Waals surface area contributed by atoms with Crippen molar-refractivity contribution < 1.29 is 0 Å². The van der Waals surface area contributed by atoms with E-state index in [1.54, 1.807) is 0 Å². The highest BCUT2D eigenvalue weighted by Crippen LogP contribution is 2.39. The van der Waals surface area contributed by atoms with Crippen LogP contribution < -0.4 is 5.73 Å². The quantitative estimate of drug-likeness (QED) is 0.843. The van der Waals surface area contributed by atoms with E-state index >= 15 is 0 Å². The molecule has 1 aliphatic carbocycles. The first-order valence-electron chi connectivity index (χ1n) is 6.15. The predicted octanol–water partition coefficient (Wildman–Crippen LogP) is 1.20. The van der Waals surface area contributed by atoms with E-state index in [-0.39, 0.29) is 5.41 Å². The lowest BCUT2D eigenvalue weighted by Crippen LogP contribution is -2.34. The third-order valence-corrected chi connectivity index (χ3v) is 3.82. The zero-order valence-corrected chi connectivity index (χ0v) is 10.1. The zero-order valence-electron chi connectivity index (χ0n) is 10.1. The average Bonchev–Trinajstić information content (AvgIpc) is 2.94. The summed E-state index contributed by atoms with van der Waals surface area (Å²) >= 11 is 0. The fraction of sp³-hybridized carbons (Fsp3) is 0.583. The van der Waals surface area contributed by atoms with E-state index in [4.69, 9.17) is 5.73 Å². The SMILES string of the molecule is Cc1ccc2nnc(C3(CN)CCCC3)n2n1. The summed E-state index contributed by atoms with van der Waals surface area (Å²) in [5.74, 6) is 0.941. The van der Waals surface area contributed by atoms with Crippen molar-refractivity contribution in [2.24, 2.45) is 5.73 Å². The van der Waals surface area contributed by atoms with Crippen LogP contribution in [-0.2, 0) is 5.41 Å². The van der Waals surface area contributed by atoms with Crippen LogP contribution in [0, 0.1) is 6.92 Å². The second kappa shape index (κ2) is 3.77. The van der Waals surface area contributed by atoms with Crippen molar-refractivity contribution in [2.45, 2.75) is 38.0 Å². The van der Waals surface area contributed by atoms with E-state index in [0.29, 0.717) is 6.54 Å². The molecule has 1 fully saturated rings. The number of fused-ring (bicyclic) bond motifs is 1. The van der Waals surface area contributed by atoms with Gasteiger partial charge in [0, 0.05) is 12.0 Å². The normalized spacial score (nSPS) is 18.9. The highest BCUT2D eigenvalue weighted by molar-refractivity contribution is 5.37. The number of hydrogen-bond acceptors (Lipinski definition) is 4. The smallest absolute Gasteiger partial charge is 0.177 e. The van der Waals surface area contributed by atoms with Gasteiger partial charge < -0.3 is 5.73 Å². The lowest BCUT2D eigenvalue weighted by Gasteiger charge is -2.24. The molecule has 5 nitrogen and oxygen atoms in total. The molecule has 5 heteroatoms. The molecule has 17 heavy (non-hydrogen) atoms. The third kappa shape index (κ3) is 1.53. The van der Waals surface area contributed by atoms with Crippen molar-refractivity contribution in [3.8, 4) is 0 Å². The van der Waals surface area contributed by atoms with Gasteiger partial charge in [0.2, 0.25) is 0 Å². The van der Waals surface area contributed by atoms with Gasteiger partial charge in [-0.1, -0.05) is 12.8 Å². The number of aryl methyl sites for hydroxylation is 1. The van der Waals surface area contributed by atoms with Crippen molar-refractivity contribution in [3.05, 3.63) is 23.7 Å². The molecule has 90 valence electrons. The van der Waals surface area contributed by atoms with E-state index in [1.165, 1.54) is 12.8 Å². The number of rotatable bonds is 2. The van der Waals surface area contributed by atoms with E-state index in [1.807, 2.05) is 23.6 Å². The van der Waals surface area contributed by atoms with Gasteiger partial charge in [0.15, 0.2) is 11.5 Å². The molecule has 2 aromatic heterocycles. The van der Waals surface area contributed by atoms with Gasteiger partial charge in [0.25, 0.3) is 0 Å². The molecule has 1 saturated carbocycles. The van der Waals surface area contributed by atoms with Gasteiger partial charge in [-0.25, -0.2) is 0 Å². The molecule has 0 spiro atoms. The second-order valence-electron chi connectivity index (χ2n) is 4.96. The molecule has 2 N–H and O–H groups in total. The summed E-state index contributed by atoms with van der Waals surface area (Å²) in [6, 6.07) is 3.91. The van der Waals surface area contributed by atoms with Crippen molar-refractivity contribution in [3.63, 3.8) is 0 Å². The third-order valence-electron chi connectivity index (χ3n) is 3.82. The van der Waals surface area contributed by atoms with Crippen LogP contribution in [0.5, 0.6) is 0 Å². The molecule has 0 aliphatic heterocycles. The van der Waals surface area contributed by atoms with Crippen LogP contribution in [0.15, 0.2) is 12.1 Å². The lowest BCUT2D eigenvalue weighted by atomic mass is 9.85. The molecule has 0 amide bonds. The Morgan fingerprint density at radius 1 is 1.29 bits per heavy atom. The van der Waals surface area contributed by atoms with Crippen molar-refractivity contribution >= 4 is 5.65 Å². The van der Waals surface area contributed by atoms with Crippen molar-refractivity contribution in [2.75, 3.05) is 6.54 Å². The first kappa shape index (κ1) is 10.7. The number of aromatic nitrogens is 4. The van der Waals surface area contributed by atoms with Gasteiger partial charge in [-0.2, -0.15) is 9.61 Å². The summed E-state index contributed by atoms with van der Waals surface area (Å²) in [6.07, 6.45) is 4.63. The standard InChI is InChI=1S/C12H17N5/c1-9-4-5-10-14-15-11(17(10)16-9)12(8-13)6-2-3-7-12/h4-5H,2-3,6-8,13H2,1H3. The number of nitrogens with zero attached hydrogens (tertiary/aromatic N) is 4. The van der Waals surface area contributed by atoms with Crippen LogP contribution in [0.25, 0.3) is 5.65 Å². The van der Waals surface area contributed by atoms with Gasteiger partial charge in [-0.15, -0.1) is 10.2 Å². The fourth-order valence-corrected chi connectivity index (χ4v) is 2.78. The summed E-state index contributed by atoms with van der Waals surface area (Å²) in [4.78, 5) is 0. The highest BCUT2D eigenvalue weighted by Gasteiger charge is 2.38. The minimum atomic E-state index is -0.0137. The van der Waals surface area contributed by atoms with E-state index in [9.17, 15) is 0 Å². The van der Waals surface area contributed by atoms with Crippen LogP contribution in [0.4, 0.5) is 0 Å². The Bertz CT molecular complexity index is 539. The van der Waals surface area contributed by atoms with Crippen LogP contribution in [0.3, 0.4) is 0 Å². The first-order valence-corrected chi connectivity index (χ1v) is 6.15. The van der Waals surface area contributed by atoms with Gasteiger partial charge in [0.1, 0.15) is 0 Å². The van der Waals surface area contributed by atoms with Crippen LogP contribution >= 0.6 is 0 Å². The Morgan fingerprint density at radius 3 is 2.76 bits per heavy atom. The summed E-state index contributed by atoms with van der Waals surface area (Å²) in [6.45, 7) is 2.61. The Morgan fingerprint density at radius 2 is 2.06 bits per heavy atom. The second-order valence-corrected chi connectivity index (χ2v) is 4.96. The van der Waals surface area contributed by atoms with Crippen LogP contribution in [0.2, 0.25) is 0 Å². The maximum absolute atomic E-state index is 5.98. The van der Waals surface area contributed by atoms with Gasteiger partial charge in [-0.3, -0.25) is 0 Å². The topological polar surface area (TPSA) is 69.1 Å². The van der Waals surface area contributed by atoms with Crippen molar-refractivity contribution in [1.29, 1.82) is 0 Å². The molecule has 1 aliphatic rings. The molecule has 0 bridgehead atoms. The van der Waals surface area contributed by atoms with Crippen LogP contribution in [0.1, 0.15) is 37.2 Å². The summed E-state index contributed by atoms with van der Waals surface area (Å²) in [5.41, 5.74) is 7.75. The fourth-order valence-electron chi connectivity index (χ4n) is 2.78. The molecule has 2 aromatic rings. The molecular formula is C12H17N5. The predicted molar refractivity (Wildman–Crippen MR) is 64.7 cm³/mol. The Kier molecular flexibility index (Phi) is 2.36. The Hall–Kier alpha value is -1.49. The molecule has 0 aromatic carbocycles.